The molecule has 4 bridgehead atoms. The number of carbonyl (C=O) groups is 4. The molecular weight excluding hydrogens is 370 g/mol. The number of nitrogens with zero attached hydrogens (tertiary/aromatic N) is 2. The molecule has 0 unspecified atom stereocenters. The van der Waals surface area contributed by atoms with Gasteiger partial charge in [0.2, 0.25) is 5.91 Å². The molecule has 6 rings (SSSR count). The van der Waals surface area contributed by atoms with Gasteiger partial charge in [-0.2, -0.15) is 0 Å². The summed E-state index contributed by atoms with van der Waals surface area (Å²) in [6.07, 6.45) is 11.0. The molecule has 0 spiro atoms. The van der Waals surface area contributed by atoms with Crippen LogP contribution in [-0.4, -0.2) is 52.2 Å². The zero-order chi connectivity index (χ0) is 20.3. The molecule has 0 aromatic carbocycles. The van der Waals surface area contributed by atoms with Gasteiger partial charge in [-0.05, 0) is 81.5 Å². The normalized spacial score (nSPS) is 37.7. The molecule has 0 radical (unpaired) electrons. The second kappa shape index (κ2) is 6.81. The van der Waals surface area contributed by atoms with Crippen LogP contribution in [0.15, 0.2) is 0 Å². The summed E-state index contributed by atoms with van der Waals surface area (Å²) < 4.78 is 0. The molecule has 158 valence electrons. The second-order valence-corrected chi connectivity index (χ2v) is 10.4. The summed E-state index contributed by atoms with van der Waals surface area (Å²) in [6, 6.07) is -0.791. The van der Waals surface area contributed by atoms with Crippen molar-refractivity contribution < 1.29 is 19.2 Å². The maximum Gasteiger partial charge on any atom is 0.334 e. The Balaban J connectivity index is 1.23. The lowest BCUT2D eigenvalue weighted by Gasteiger charge is -2.59. The largest absolute Gasteiger partial charge is 0.352 e. The first kappa shape index (κ1) is 19.1. The minimum Gasteiger partial charge on any atom is -0.352 e. The van der Waals surface area contributed by atoms with Gasteiger partial charge >= 0.3 is 17.8 Å². The first-order valence-corrected chi connectivity index (χ1v) is 11.3. The molecule has 29 heavy (non-hydrogen) atoms. The van der Waals surface area contributed by atoms with Crippen molar-refractivity contribution in [3.63, 3.8) is 0 Å². The van der Waals surface area contributed by atoms with Crippen LogP contribution in [0.25, 0.3) is 0 Å². The van der Waals surface area contributed by atoms with Gasteiger partial charge in [0.1, 0.15) is 6.54 Å². The molecule has 1 N–H and O–H groups in total. The molecule has 7 nitrogen and oxygen atoms in total. The van der Waals surface area contributed by atoms with Crippen LogP contribution in [0.3, 0.4) is 0 Å². The zero-order valence-electron chi connectivity index (χ0n) is 17.2. The summed E-state index contributed by atoms with van der Waals surface area (Å²) in [4.78, 5) is 52.0. The highest BCUT2D eigenvalue weighted by molar-refractivity contribution is 6.45. The van der Waals surface area contributed by atoms with Gasteiger partial charge in [-0.25, -0.2) is 9.69 Å². The van der Waals surface area contributed by atoms with E-state index in [-0.39, 0.29) is 30.0 Å². The third-order valence-electron chi connectivity index (χ3n) is 8.46. The molecule has 1 heterocycles. The maximum atomic E-state index is 12.7. The smallest absolute Gasteiger partial charge is 0.334 e. The monoisotopic (exact) mass is 401 g/mol. The Morgan fingerprint density at radius 2 is 1.55 bits per heavy atom. The van der Waals surface area contributed by atoms with E-state index in [2.05, 4.69) is 12.2 Å². The number of hydrogen-bond donors (Lipinski definition) is 1. The fraction of sp³-hybridized carbons (Fsp3) is 0.818. The van der Waals surface area contributed by atoms with E-state index in [4.69, 9.17) is 0 Å². The van der Waals surface area contributed by atoms with Crippen molar-refractivity contribution in [2.45, 2.75) is 83.2 Å². The Bertz CT molecular complexity index is 722. The van der Waals surface area contributed by atoms with Gasteiger partial charge in [0.15, 0.2) is 0 Å². The molecule has 6 aliphatic rings. The van der Waals surface area contributed by atoms with Crippen LogP contribution in [0.2, 0.25) is 0 Å². The van der Waals surface area contributed by atoms with E-state index in [1.165, 1.54) is 38.5 Å². The lowest BCUT2D eigenvalue weighted by molar-refractivity contribution is -0.144. The van der Waals surface area contributed by atoms with E-state index < -0.39 is 17.8 Å². The molecule has 1 saturated heterocycles. The number of carbonyl (C=O) groups excluding carboxylic acids is 4. The van der Waals surface area contributed by atoms with Crippen LogP contribution in [-0.2, 0) is 14.4 Å². The first-order valence-electron chi connectivity index (χ1n) is 11.3. The molecule has 5 saturated carbocycles. The summed E-state index contributed by atoms with van der Waals surface area (Å²) in [5.41, 5.74) is 0.162. The van der Waals surface area contributed by atoms with E-state index in [9.17, 15) is 19.2 Å². The Morgan fingerprint density at radius 3 is 2.10 bits per heavy atom. The van der Waals surface area contributed by atoms with E-state index in [1.54, 1.807) is 0 Å². The highest BCUT2D eigenvalue weighted by Crippen LogP contribution is 2.61. The SMILES string of the molecule is C[C@@H](NC(=O)CN1C(=O)C(=O)N(C2CCCC2)C1=O)C12CC3CC(CC(C3)C1)C2. The minimum absolute atomic E-state index is 0.0258. The van der Waals surface area contributed by atoms with Crippen LogP contribution in [0.4, 0.5) is 4.79 Å². The van der Waals surface area contributed by atoms with E-state index >= 15 is 0 Å². The van der Waals surface area contributed by atoms with Crippen molar-refractivity contribution in [1.82, 2.24) is 15.1 Å². The summed E-state index contributed by atoms with van der Waals surface area (Å²) >= 11 is 0. The standard InChI is InChI=1S/C22H31N3O4/c1-13(22-9-14-6-15(10-22)8-16(7-14)11-22)23-18(26)12-24-19(27)20(28)25(21(24)29)17-4-2-3-5-17/h13-17H,2-12H2,1H3,(H,23,26)/t13-,14?,15?,16?,22?/m1/s1. The van der Waals surface area contributed by atoms with Crippen LogP contribution >= 0.6 is 0 Å². The first-order chi connectivity index (χ1) is 13.9. The fourth-order valence-electron chi connectivity index (χ4n) is 7.44. The van der Waals surface area contributed by atoms with E-state index in [1.807, 2.05) is 0 Å². The Morgan fingerprint density at radius 1 is 1.00 bits per heavy atom. The molecule has 0 aromatic rings. The van der Waals surface area contributed by atoms with E-state index in [0.29, 0.717) is 0 Å². The van der Waals surface area contributed by atoms with Gasteiger partial charge in [0.25, 0.3) is 0 Å². The van der Waals surface area contributed by atoms with Crippen molar-refractivity contribution in [3.05, 3.63) is 0 Å². The average Bonchev–Trinajstić information content (AvgIpc) is 3.24. The highest BCUT2D eigenvalue weighted by Gasteiger charge is 2.54. The molecule has 5 amide bonds. The molecule has 6 fully saturated rings. The van der Waals surface area contributed by atoms with Crippen LogP contribution < -0.4 is 5.32 Å². The van der Waals surface area contributed by atoms with Crippen molar-refractivity contribution in [1.29, 1.82) is 0 Å². The van der Waals surface area contributed by atoms with E-state index in [0.717, 1.165) is 53.2 Å². The topological polar surface area (TPSA) is 86.8 Å². The lowest BCUT2D eigenvalue weighted by atomic mass is 9.48. The predicted octanol–water partition coefficient (Wildman–Crippen LogP) is 2.44. The van der Waals surface area contributed by atoms with Gasteiger partial charge in [-0.1, -0.05) is 12.8 Å². The number of nitrogens with one attached hydrogen (secondary N) is 1. The summed E-state index contributed by atoms with van der Waals surface area (Å²) in [7, 11) is 0. The third-order valence-corrected chi connectivity index (χ3v) is 8.46. The van der Waals surface area contributed by atoms with Gasteiger partial charge in [-0.15, -0.1) is 0 Å². The predicted molar refractivity (Wildman–Crippen MR) is 104 cm³/mol. The van der Waals surface area contributed by atoms with Gasteiger partial charge < -0.3 is 5.32 Å². The number of rotatable bonds is 5. The molecule has 5 aliphatic carbocycles. The van der Waals surface area contributed by atoms with Crippen LogP contribution in [0, 0.1) is 23.2 Å². The summed E-state index contributed by atoms with van der Waals surface area (Å²) in [6.45, 7) is 1.72. The molecule has 1 aliphatic heterocycles. The molecule has 1 atom stereocenters. The summed E-state index contributed by atoms with van der Waals surface area (Å²) in [5.74, 6) is 0.402. The summed E-state index contributed by atoms with van der Waals surface area (Å²) in [5, 5.41) is 3.09. The second-order valence-electron chi connectivity index (χ2n) is 10.4. The minimum atomic E-state index is -0.862. The molecule has 7 heteroatoms. The zero-order valence-corrected chi connectivity index (χ0v) is 17.2. The van der Waals surface area contributed by atoms with Gasteiger partial charge in [0.05, 0.1) is 0 Å². The highest BCUT2D eigenvalue weighted by atomic mass is 16.2. The van der Waals surface area contributed by atoms with Crippen molar-refractivity contribution >= 4 is 23.8 Å². The van der Waals surface area contributed by atoms with Crippen LogP contribution in [0.1, 0.15) is 71.1 Å². The lowest BCUT2D eigenvalue weighted by Crippen LogP contribution is -2.57. The number of imide groups is 2. The number of amides is 5. The number of urea groups is 1. The van der Waals surface area contributed by atoms with Crippen molar-refractivity contribution in [3.8, 4) is 0 Å². The Hall–Kier alpha value is -1.92. The maximum absolute atomic E-state index is 12.7. The van der Waals surface area contributed by atoms with Crippen LogP contribution in [0.5, 0.6) is 0 Å². The Kier molecular flexibility index (Phi) is 4.48. The van der Waals surface area contributed by atoms with Crippen molar-refractivity contribution in [2.24, 2.45) is 23.2 Å². The number of hydrogen-bond acceptors (Lipinski definition) is 4. The van der Waals surface area contributed by atoms with Gasteiger partial charge in [-0.3, -0.25) is 19.3 Å². The average molecular weight is 402 g/mol. The fourth-order valence-corrected chi connectivity index (χ4v) is 7.44. The van der Waals surface area contributed by atoms with Gasteiger partial charge in [0, 0.05) is 12.1 Å². The quantitative estimate of drug-likeness (QED) is 0.566. The third kappa shape index (κ3) is 3.08. The van der Waals surface area contributed by atoms with Crippen molar-refractivity contribution in [2.75, 3.05) is 6.54 Å². The Labute approximate surface area is 171 Å². The molecular formula is C22H31N3O4. The molecule has 0 aromatic heterocycles.